The van der Waals surface area contributed by atoms with Gasteiger partial charge in [0.15, 0.2) is 5.82 Å². The summed E-state index contributed by atoms with van der Waals surface area (Å²) in [6.07, 6.45) is 0. The van der Waals surface area contributed by atoms with Gasteiger partial charge in [-0.25, -0.2) is 0 Å². The van der Waals surface area contributed by atoms with Gasteiger partial charge < -0.3 is 0 Å². The second-order valence-corrected chi connectivity index (χ2v) is 6.68. The number of nitrogens with zero attached hydrogens (tertiary/aromatic N) is 4. The van der Waals surface area contributed by atoms with Gasteiger partial charge in [-0.1, -0.05) is 39.7 Å². The molecule has 2 aromatic carbocycles. The van der Waals surface area contributed by atoms with Gasteiger partial charge >= 0.3 is 0 Å². The number of benzene rings is 2. The van der Waals surface area contributed by atoms with Gasteiger partial charge in [0.05, 0.1) is 11.4 Å². The fraction of sp³-hybridized carbons (Fsp3) is 0.118. The lowest BCUT2D eigenvalue weighted by Crippen LogP contribution is -2.08. The highest BCUT2D eigenvalue weighted by Gasteiger charge is 2.21. The van der Waals surface area contributed by atoms with Gasteiger partial charge in [-0.3, -0.25) is 9.56 Å². The molecule has 4 rings (SSSR count). The molecule has 1 aliphatic rings. The number of hydrogen-bond acceptors (Lipinski definition) is 3. The molecule has 0 fully saturated rings. The van der Waals surface area contributed by atoms with E-state index in [9.17, 15) is 0 Å². The first-order valence-corrected chi connectivity index (χ1v) is 8.32. The Morgan fingerprint density at radius 2 is 1.87 bits per heavy atom. The summed E-state index contributed by atoms with van der Waals surface area (Å²) in [5.74, 6) is 1.70. The van der Waals surface area contributed by atoms with Crippen molar-refractivity contribution >= 4 is 33.2 Å². The molecule has 1 aliphatic heterocycles. The van der Waals surface area contributed by atoms with Gasteiger partial charge in [-0.05, 0) is 37.3 Å². The molecule has 0 spiro atoms. The molecule has 23 heavy (non-hydrogen) atoms. The molecular formula is C17H12BrClN4. The highest BCUT2D eigenvalue weighted by Crippen LogP contribution is 2.28. The number of hydrogen-bond donors (Lipinski definition) is 0. The molecule has 0 N–H and O–H groups in total. The zero-order chi connectivity index (χ0) is 16.0. The smallest absolute Gasteiger partial charge is 0.159 e. The van der Waals surface area contributed by atoms with Gasteiger partial charge in [0, 0.05) is 20.6 Å². The second-order valence-electron chi connectivity index (χ2n) is 5.33. The third kappa shape index (κ3) is 2.50. The Morgan fingerprint density at radius 3 is 2.65 bits per heavy atom. The number of aliphatic imine (C=N–C) groups is 1. The number of fused-ring (bicyclic) bond motifs is 3. The van der Waals surface area contributed by atoms with Crippen molar-refractivity contribution in [1.29, 1.82) is 0 Å². The van der Waals surface area contributed by atoms with Crippen LogP contribution in [-0.2, 0) is 6.54 Å². The van der Waals surface area contributed by atoms with Crippen molar-refractivity contribution in [2.24, 2.45) is 4.99 Å². The predicted molar refractivity (Wildman–Crippen MR) is 94.6 cm³/mol. The van der Waals surface area contributed by atoms with E-state index in [0.29, 0.717) is 11.6 Å². The normalized spacial score (nSPS) is 13.1. The summed E-state index contributed by atoms with van der Waals surface area (Å²) in [5, 5.41) is 9.15. The van der Waals surface area contributed by atoms with E-state index in [-0.39, 0.29) is 0 Å². The number of halogens is 2. The molecule has 2 heterocycles. The Balaban J connectivity index is 1.98. The van der Waals surface area contributed by atoms with Gasteiger partial charge in [0.25, 0.3) is 0 Å². The predicted octanol–water partition coefficient (Wildman–Crippen LogP) is 4.34. The standard InChI is InChI=1S/C17H12BrClN4/c1-10-21-22-16-9-20-17(11-2-5-13(19)6-3-11)14-8-12(18)4-7-15(14)23(10)16/h2-8H,9H2,1H3. The molecule has 0 saturated carbocycles. The van der Waals surface area contributed by atoms with Crippen LogP contribution in [0.3, 0.4) is 0 Å². The van der Waals surface area contributed by atoms with Crippen LogP contribution < -0.4 is 0 Å². The maximum absolute atomic E-state index is 6.01. The Kier molecular flexibility index (Phi) is 3.54. The van der Waals surface area contributed by atoms with E-state index in [4.69, 9.17) is 16.6 Å². The molecular weight excluding hydrogens is 376 g/mol. The van der Waals surface area contributed by atoms with Crippen LogP contribution in [0, 0.1) is 6.92 Å². The van der Waals surface area contributed by atoms with Gasteiger partial charge in [-0.2, -0.15) is 0 Å². The Morgan fingerprint density at radius 1 is 1.09 bits per heavy atom. The highest BCUT2D eigenvalue weighted by molar-refractivity contribution is 9.10. The van der Waals surface area contributed by atoms with Gasteiger partial charge in [0.1, 0.15) is 12.4 Å². The summed E-state index contributed by atoms with van der Waals surface area (Å²) in [5.41, 5.74) is 4.05. The van der Waals surface area contributed by atoms with E-state index in [1.807, 2.05) is 37.3 Å². The van der Waals surface area contributed by atoms with Crippen molar-refractivity contribution in [3.05, 3.63) is 74.7 Å². The van der Waals surface area contributed by atoms with E-state index < -0.39 is 0 Å². The Hall–Kier alpha value is -1.98. The molecule has 3 aromatic rings. The van der Waals surface area contributed by atoms with Crippen LogP contribution in [0.2, 0.25) is 5.02 Å². The van der Waals surface area contributed by atoms with E-state index >= 15 is 0 Å². The minimum absolute atomic E-state index is 0.491. The molecule has 0 amide bonds. The largest absolute Gasteiger partial charge is 0.281 e. The first kappa shape index (κ1) is 14.6. The van der Waals surface area contributed by atoms with Gasteiger partial charge in [0.2, 0.25) is 0 Å². The van der Waals surface area contributed by atoms with Crippen molar-refractivity contribution in [2.45, 2.75) is 13.5 Å². The molecule has 1 aromatic heterocycles. The van der Waals surface area contributed by atoms with E-state index in [0.717, 1.165) is 38.6 Å². The third-order valence-corrected chi connectivity index (χ3v) is 4.59. The van der Waals surface area contributed by atoms with Crippen LogP contribution in [0.1, 0.15) is 22.8 Å². The van der Waals surface area contributed by atoms with Gasteiger partial charge in [-0.15, -0.1) is 10.2 Å². The molecule has 0 unspecified atom stereocenters. The Labute approximate surface area is 147 Å². The fourth-order valence-electron chi connectivity index (χ4n) is 2.80. The molecule has 0 atom stereocenters. The molecule has 0 radical (unpaired) electrons. The molecule has 6 heteroatoms. The summed E-state index contributed by atoms with van der Waals surface area (Å²) in [6, 6.07) is 13.9. The lowest BCUT2D eigenvalue weighted by Gasteiger charge is -2.13. The van der Waals surface area contributed by atoms with Crippen molar-refractivity contribution < 1.29 is 0 Å². The third-order valence-electron chi connectivity index (χ3n) is 3.84. The zero-order valence-corrected chi connectivity index (χ0v) is 14.6. The van der Waals surface area contributed by atoms with Crippen LogP contribution >= 0.6 is 27.5 Å². The second kappa shape index (κ2) is 5.58. The summed E-state index contributed by atoms with van der Waals surface area (Å²) < 4.78 is 3.07. The minimum Gasteiger partial charge on any atom is -0.281 e. The van der Waals surface area contributed by atoms with Crippen molar-refractivity contribution in [3.8, 4) is 5.69 Å². The summed E-state index contributed by atoms with van der Waals surface area (Å²) in [4.78, 5) is 4.79. The molecule has 4 nitrogen and oxygen atoms in total. The van der Waals surface area contributed by atoms with E-state index in [2.05, 4.69) is 42.8 Å². The van der Waals surface area contributed by atoms with Crippen molar-refractivity contribution in [3.63, 3.8) is 0 Å². The lowest BCUT2D eigenvalue weighted by molar-refractivity contribution is 0.861. The van der Waals surface area contributed by atoms with Crippen LogP contribution in [-0.4, -0.2) is 20.5 Å². The first-order chi connectivity index (χ1) is 11.1. The average molecular weight is 388 g/mol. The Bertz CT molecular complexity index is 928. The molecule has 0 bridgehead atoms. The van der Waals surface area contributed by atoms with Crippen LogP contribution in [0.25, 0.3) is 5.69 Å². The monoisotopic (exact) mass is 386 g/mol. The van der Waals surface area contributed by atoms with E-state index in [1.54, 1.807) is 0 Å². The summed E-state index contributed by atoms with van der Waals surface area (Å²) >= 11 is 9.58. The topological polar surface area (TPSA) is 43.1 Å². The lowest BCUT2D eigenvalue weighted by atomic mass is 10.0. The summed E-state index contributed by atoms with van der Waals surface area (Å²) in [7, 11) is 0. The molecule has 0 saturated heterocycles. The highest BCUT2D eigenvalue weighted by atomic mass is 79.9. The molecule has 0 aliphatic carbocycles. The van der Waals surface area contributed by atoms with Crippen molar-refractivity contribution in [1.82, 2.24) is 14.8 Å². The summed E-state index contributed by atoms with van der Waals surface area (Å²) in [6.45, 7) is 2.45. The maximum atomic E-state index is 6.01. The quantitative estimate of drug-likeness (QED) is 0.623. The fourth-order valence-corrected chi connectivity index (χ4v) is 3.29. The van der Waals surface area contributed by atoms with Crippen LogP contribution in [0.4, 0.5) is 0 Å². The SMILES string of the molecule is Cc1nnc2n1-c1ccc(Br)cc1C(c1ccc(Cl)cc1)=NC2. The number of aryl methyl sites for hydroxylation is 1. The maximum Gasteiger partial charge on any atom is 0.159 e. The molecule has 114 valence electrons. The minimum atomic E-state index is 0.491. The van der Waals surface area contributed by atoms with Crippen molar-refractivity contribution in [2.75, 3.05) is 0 Å². The van der Waals surface area contributed by atoms with Crippen LogP contribution in [0.15, 0.2) is 51.9 Å². The average Bonchev–Trinajstić information content (AvgIpc) is 2.82. The number of rotatable bonds is 1. The van der Waals surface area contributed by atoms with E-state index in [1.165, 1.54) is 0 Å². The zero-order valence-electron chi connectivity index (χ0n) is 12.3. The van der Waals surface area contributed by atoms with Crippen LogP contribution in [0.5, 0.6) is 0 Å². The number of aromatic nitrogens is 3. The first-order valence-electron chi connectivity index (χ1n) is 7.15.